The number of aliphatic hydroxyl groups is 1. The molecule has 3 fully saturated rings. The first-order valence-corrected chi connectivity index (χ1v) is 10.3. The van der Waals surface area contributed by atoms with Gasteiger partial charge in [0.1, 0.15) is 0 Å². The van der Waals surface area contributed by atoms with Gasteiger partial charge in [-0.3, -0.25) is 0 Å². The molecule has 1 unspecified atom stereocenters. The Balaban J connectivity index is 0.00000100. The fourth-order valence-corrected chi connectivity index (χ4v) is 5.38. The van der Waals surface area contributed by atoms with E-state index in [1.54, 1.807) is 5.57 Å². The summed E-state index contributed by atoms with van der Waals surface area (Å²) in [6.07, 6.45) is 17.5. The van der Waals surface area contributed by atoms with Crippen LogP contribution in [0.5, 0.6) is 0 Å². The topological polar surface area (TPSA) is 20.2 Å². The van der Waals surface area contributed by atoms with Crippen molar-refractivity contribution in [1.82, 2.24) is 0 Å². The normalized spacial score (nSPS) is 36.4. The molecule has 1 nitrogen and oxygen atoms in total. The van der Waals surface area contributed by atoms with Gasteiger partial charge in [-0.2, -0.15) is 0 Å². The molecule has 0 aromatic heterocycles. The summed E-state index contributed by atoms with van der Waals surface area (Å²) in [5, 5.41) is 9.37. The van der Waals surface area contributed by atoms with Crippen LogP contribution < -0.4 is 0 Å². The van der Waals surface area contributed by atoms with Crippen molar-refractivity contribution in [3.63, 3.8) is 0 Å². The minimum Gasteiger partial charge on any atom is -0.396 e. The van der Waals surface area contributed by atoms with Gasteiger partial charge in [0, 0.05) is 6.61 Å². The summed E-state index contributed by atoms with van der Waals surface area (Å²) >= 11 is 0. The van der Waals surface area contributed by atoms with Gasteiger partial charge in [-0.1, -0.05) is 50.6 Å². The molecule has 0 bridgehead atoms. The molecule has 0 aliphatic heterocycles. The zero-order valence-electron chi connectivity index (χ0n) is 16.2. The molecule has 3 aliphatic carbocycles. The number of hydrogen-bond donors (Lipinski definition) is 1. The van der Waals surface area contributed by atoms with E-state index in [9.17, 15) is 5.11 Å². The fourth-order valence-electron chi connectivity index (χ4n) is 5.38. The quantitative estimate of drug-likeness (QED) is 0.618. The number of fused-ring (bicyclic) bond motifs is 1. The van der Waals surface area contributed by atoms with E-state index in [-0.39, 0.29) is 0 Å². The Hall–Kier alpha value is -0.820. The smallest absolute Gasteiger partial charge is 0.0433 e. The number of rotatable bonds is 3. The van der Waals surface area contributed by atoms with Crippen LogP contribution in [0.25, 0.3) is 0 Å². The second-order valence-corrected chi connectivity index (χ2v) is 7.94. The third-order valence-corrected chi connectivity index (χ3v) is 6.77. The van der Waals surface area contributed by atoms with Crippen molar-refractivity contribution in [3.8, 4) is 0 Å². The molecule has 0 spiro atoms. The lowest BCUT2D eigenvalue weighted by Gasteiger charge is -2.42. The van der Waals surface area contributed by atoms with Crippen molar-refractivity contribution in [3.05, 3.63) is 35.5 Å². The first-order valence-electron chi connectivity index (χ1n) is 10.3. The maximum absolute atomic E-state index is 9.37. The summed E-state index contributed by atoms with van der Waals surface area (Å²) in [7, 11) is 0. The van der Waals surface area contributed by atoms with Crippen molar-refractivity contribution >= 4 is 0 Å². The Bertz CT molecular complexity index is 484. The second-order valence-electron chi connectivity index (χ2n) is 7.94. The van der Waals surface area contributed by atoms with Crippen molar-refractivity contribution < 1.29 is 5.11 Å². The van der Waals surface area contributed by atoms with Gasteiger partial charge in [-0.15, -0.1) is 0 Å². The van der Waals surface area contributed by atoms with E-state index in [2.05, 4.69) is 25.7 Å². The lowest BCUT2D eigenvalue weighted by Crippen LogP contribution is -2.33. The first kappa shape index (κ1) is 19.5. The molecular weight excluding hydrogens is 292 g/mol. The Morgan fingerprint density at radius 1 is 1.08 bits per heavy atom. The Morgan fingerprint density at radius 2 is 1.83 bits per heavy atom. The van der Waals surface area contributed by atoms with Crippen LogP contribution in [0.2, 0.25) is 0 Å². The predicted octanol–water partition coefficient (Wildman–Crippen LogP) is 6.59. The van der Waals surface area contributed by atoms with E-state index < -0.39 is 0 Å². The molecule has 1 heteroatoms. The number of aliphatic hydroxyl groups excluding tert-OH is 1. The first-order chi connectivity index (χ1) is 11.6. The largest absolute Gasteiger partial charge is 0.396 e. The number of allylic oxidation sites excluding steroid dienone is 5. The van der Waals surface area contributed by atoms with Crippen molar-refractivity contribution in [2.75, 3.05) is 6.61 Å². The summed E-state index contributed by atoms with van der Waals surface area (Å²) in [4.78, 5) is 0. The van der Waals surface area contributed by atoms with E-state index in [1.165, 1.54) is 68.9 Å². The van der Waals surface area contributed by atoms with E-state index >= 15 is 0 Å². The highest BCUT2D eigenvalue weighted by atomic mass is 16.3. The molecule has 0 amide bonds. The van der Waals surface area contributed by atoms with E-state index in [4.69, 9.17) is 0 Å². The van der Waals surface area contributed by atoms with Crippen LogP contribution in [0, 0.1) is 17.3 Å². The summed E-state index contributed by atoms with van der Waals surface area (Å²) in [6.45, 7) is 11.1. The lowest BCUT2D eigenvalue weighted by atomic mass is 9.63. The third-order valence-electron chi connectivity index (χ3n) is 6.77. The Kier molecular flexibility index (Phi) is 7.34. The zero-order valence-corrected chi connectivity index (χ0v) is 16.2. The van der Waals surface area contributed by atoms with E-state index in [0.717, 1.165) is 18.3 Å². The maximum atomic E-state index is 9.37. The van der Waals surface area contributed by atoms with Crippen molar-refractivity contribution in [2.24, 2.45) is 17.3 Å². The molecule has 1 N–H and O–H groups in total. The molecule has 3 atom stereocenters. The molecular formula is C23H38O. The standard InChI is InChI=1S/C21H32O.C2H6/c1-16-6-3-4-7-17(16)9-10-18-8-5-14-21(2)19(13-15-22)11-12-20(18)21;1-2/h9-10,19-20,22H,1,3-8,11-15H2,2H3;1-2H3/b17-9-,18-10+;/t19-,20?,21-;/m1./s1. The molecule has 3 rings (SSSR count). The van der Waals surface area contributed by atoms with Gasteiger partial charge >= 0.3 is 0 Å². The monoisotopic (exact) mass is 330 g/mol. The lowest BCUT2D eigenvalue weighted by molar-refractivity contribution is 0.111. The summed E-state index contributed by atoms with van der Waals surface area (Å²) in [5.41, 5.74) is 4.98. The summed E-state index contributed by atoms with van der Waals surface area (Å²) in [5.74, 6) is 1.48. The van der Waals surface area contributed by atoms with Gasteiger partial charge in [0.05, 0.1) is 0 Å². The minimum atomic E-state index is 0.357. The molecule has 24 heavy (non-hydrogen) atoms. The average molecular weight is 331 g/mol. The van der Waals surface area contributed by atoms with Crippen LogP contribution in [0.4, 0.5) is 0 Å². The predicted molar refractivity (Wildman–Crippen MR) is 105 cm³/mol. The second kappa shape index (κ2) is 9.04. The molecule has 0 aromatic rings. The van der Waals surface area contributed by atoms with Crippen LogP contribution in [0.1, 0.15) is 85.0 Å². The number of hydrogen-bond acceptors (Lipinski definition) is 1. The Labute approximate surface area is 149 Å². The van der Waals surface area contributed by atoms with Gasteiger partial charge in [0.25, 0.3) is 0 Å². The highest BCUT2D eigenvalue weighted by Crippen LogP contribution is 2.58. The van der Waals surface area contributed by atoms with Gasteiger partial charge in [0.15, 0.2) is 0 Å². The zero-order chi connectivity index (χ0) is 17.6. The molecule has 0 saturated heterocycles. The van der Waals surface area contributed by atoms with Crippen LogP contribution >= 0.6 is 0 Å². The maximum Gasteiger partial charge on any atom is 0.0433 e. The molecule has 0 heterocycles. The van der Waals surface area contributed by atoms with Gasteiger partial charge < -0.3 is 5.11 Å². The Morgan fingerprint density at radius 3 is 2.54 bits per heavy atom. The minimum absolute atomic E-state index is 0.357. The molecule has 0 radical (unpaired) electrons. The molecule has 3 aliphatic rings. The van der Waals surface area contributed by atoms with Crippen molar-refractivity contribution in [1.29, 1.82) is 0 Å². The van der Waals surface area contributed by atoms with Crippen LogP contribution in [-0.2, 0) is 0 Å². The SMILES string of the molecule is C=C1CCCC/C1=C/C=C1\CCC[C@@]2(C)C1CC[C@@H]2CCO.CC. The van der Waals surface area contributed by atoms with Gasteiger partial charge in [-0.25, -0.2) is 0 Å². The highest BCUT2D eigenvalue weighted by molar-refractivity contribution is 5.35. The van der Waals surface area contributed by atoms with E-state index in [0.29, 0.717) is 12.0 Å². The van der Waals surface area contributed by atoms with Crippen LogP contribution in [0.3, 0.4) is 0 Å². The van der Waals surface area contributed by atoms with Gasteiger partial charge in [0.2, 0.25) is 0 Å². The van der Waals surface area contributed by atoms with Crippen LogP contribution in [0.15, 0.2) is 35.5 Å². The van der Waals surface area contributed by atoms with Crippen molar-refractivity contribution in [2.45, 2.75) is 85.0 Å². The molecule has 136 valence electrons. The molecule has 0 aromatic carbocycles. The fraction of sp³-hybridized carbons (Fsp3) is 0.739. The average Bonchev–Trinajstić information content (AvgIpc) is 2.93. The summed E-state index contributed by atoms with van der Waals surface area (Å²) < 4.78 is 0. The summed E-state index contributed by atoms with van der Waals surface area (Å²) in [6, 6.07) is 0. The van der Waals surface area contributed by atoms with E-state index in [1.807, 2.05) is 13.8 Å². The molecule has 3 saturated carbocycles. The highest BCUT2D eigenvalue weighted by Gasteiger charge is 2.48. The van der Waals surface area contributed by atoms with Gasteiger partial charge in [-0.05, 0) is 87.0 Å². The van der Waals surface area contributed by atoms with Crippen LogP contribution in [-0.4, -0.2) is 11.7 Å². The third kappa shape index (κ3) is 4.04.